The SMILES string of the molecule is COc1ccc(C(=O)N2CCC(S(=O)(=O)c3ccc(F)cc3)CC2)cc1OC. The topological polar surface area (TPSA) is 72.9 Å². The summed E-state index contributed by atoms with van der Waals surface area (Å²) in [6, 6.07) is 9.79. The van der Waals surface area contributed by atoms with Gasteiger partial charge in [-0.2, -0.15) is 0 Å². The predicted octanol–water partition coefficient (Wildman–Crippen LogP) is 2.92. The normalized spacial score (nSPS) is 15.3. The van der Waals surface area contributed by atoms with E-state index < -0.39 is 20.9 Å². The van der Waals surface area contributed by atoms with Crippen molar-refractivity contribution in [1.29, 1.82) is 0 Å². The van der Waals surface area contributed by atoms with Crippen molar-refractivity contribution >= 4 is 15.7 Å². The first-order chi connectivity index (χ1) is 13.4. The molecule has 8 heteroatoms. The first-order valence-corrected chi connectivity index (χ1v) is 10.4. The van der Waals surface area contributed by atoms with E-state index in [0.717, 1.165) is 12.1 Å². The van der Waals surface area contributed by atoms with Crippen molar-refractivity contribution in [2.24, 2.45) is 0 Å². The van der Waals surface area contributed by atoms with E-state index in [9.17, 15) is 17.6 Å². The van der Waals surface area contributed by atoms with Crippen molar-refractivity contribution in [1.82, 2.24) is 4.90 Å². The molecule has 0 bridgehead atoms. The molecule has 3 rings (SSSR count). The minimum absolute atomic E-state index is 0.110. The fourth-order valence-electron chi connectivity index (χ4n) is 3.34. The quantitative estimate of drug-likeness (QED) is 0.713. The molecule has 0 aliphatic carbocycles. The molecule has 1 saturated heterocycles. The average Bonchev–Trinajstić information content (AvgIpc) is 2.73. The van der Waals surface area contributed by atoms with Crippen LogP contribution in [0.2, 0.25) is 0 Å². The number of methoxy groups -OCH3 is 2. The Bertz CT molecular complexity index is 951. The number of amides is 1. The Morgan fingerprint density at radius 3 is 2.18 bits per heavy atom. The van der Waals surface area contributed by atoms with E-state index >= 15 is 0 Å². The van der Waals surface area contributed by atoms with E-state index in [2.05, 4.69) is 0 Å². The maximum Gasteiger partial charge on any atom is 0.253 e. The molecule has 1 amide bonds. The van der Waals surface area contributed by atoms with Crippen LogP contribution < -0.4 is 9.47 Å². The lowest BCUT2D eigenvalue weighted by molar-refractivity contribution is 0.0725. The minimum Gasteiger partial charge on any atom is -0.493 e. The summed E-state index contributed by atoms with van der Waals surface area (Å²) in [5.41, 5.74) is 0.456. The number of hydrogen-bond donors (Lipinski definition) is 0. The van der Waals surface area contributed by atoms with Gasteiger partial charge in [0.1, 0.15) is 5.82 Å². The van der Waals surface area contributed by atoms with Gasteiger partial charge in [0.2, 0.25) is 0 Å². The highest BCUT2D eigenvalue weighted by Gasteiger charge is 2.33. The zero-order chi connectivity index (χ0) is 20.3. The van der Waals surface area contributed by atoms with Gasteiger partial charge in [-0.05, 0) is 55.3 Å². The number of piperidine rings is 1. The highest BCUT2D eigenvalue weighted by molar-refractivity contribution is 7.92. The smallest absolute Gasteiger partial charge is 0.253 e. The molecule has 0 spiro atoms. The molecule has 0 N–H and O–H groups in total. The van der Waals surface area contributed by atoms with E-state index in [-0.39, 0.29) is 10.8 Å². The summed E-state index contributed by atoms with van der Waals surface area (Å²) in [5.74, 6) is 0.332. The van der Waals surface area contributed by atoms with Crippen molar-refractivity contribution in [3.8, 4) is 11.5 Å². The molecule has 0 unspecified atom stereocenters. The second-order valence-electron chi connectivity index (χ2n) is 6.56. The van der Waals surface area contributed by atoms with Crippen LogP contribution in [0.15, 0.2) is 47.4 Å². The van der Waals surface area contributed by atoms with Crippen LogP contribution in [0.5, 0.6) is 11.5 Å². The van der Waals surface area contributed by atoms with Crippen LogP contribution >= 0.6 is 0 Å². The van der Waals surface area contributed by atoms with E-state index in [1.165, 1.54) is 26.4 Å². The number of likely N-dealkylation sites (tertiary alicyclic amines) is 1. The van der Waals surface area contributed by atoms with Gasteiger partial charge < -0.3 is 14.4 Å². The van der Waals surface area contributed by atoms with Gasteiger partial charge in [0.15, 0.2) is 21.3 Å². The molecular weight excluding hydrogens is 385 g/mol. The Morgan fingerprint density at radius 2 is 1.61 bits per heavy atom. The molecule has 0 radical (unpaired) electrons. The van der Waals surface area contributed by atoms with E-state index in [4.69, 9.17) is 9.47 Å². The Labute approximate surface area is 163 Å². The van der Waals surface area contributed by atoms with Gasteiger partial charge in [-0.25, -0.2) is 12.8 Å². The first-order valence-electron chi connectivity index (χ1n) is 8.87. The van der Waals surface area contributed by atoms with Gasteiger partial charge in [-0.1, -0.05) is 0 Å². The number of ether oxygens (including phenoxy) is 2. The molecule has 6 nitrogen and oxygen atoms in total. The summed E-state index contributed by atoms with van der Waals surface area (Å²) in [7, 11) is -0.536. The third-order valence-corrected chi connectivity index (χ3v) is 7.22. The number of carbonyl (C=O) groups excluding carboxylic acids is 1. The highest BCUT2D eigenvalue weighted by atomic mass is 32.2. The molecule has 0 atom stereocenters. The summed E-state index contributed by atoms with van der Waals surface area (Å²) < 4.78 is 49.0. The second kappa shape index (κ2) is 8.18. The maximum atomic E-state index is 13.1. The second-order valence-corrected chi connectivity index (χ2v) is 8.79. The monoisotopic (exact) mass is 407 g/mol. The summed E-state index contributed by atoms with van der Waals surface area (Å²) in [6.07, 6.45) is 0.664. The lowest BCUT2D eigenvalue weighted by Gasteiger charge is -2.32. The minimum atomic E-state index is -3.55. The van der Waals surface area contributed by atoms with E-state index in [1.807, 2.05) is 0 Å². The summed E-state index contributed by atoms with van der Waals surface area (Å²) in [4.78, 5) is 14.5. The van der Waals surface area contributed by atoms with Crippen molar-refractivity contribution in [3.05, 3.63) is 53.8 Å². The molecule has 1 aliphatic rings. The number of hydrogen-bond acceptors (Lipinski definition) is 5. The fourth-order valence-corrected chi connectivity index (χ4v) is 5.07. The molecule has 2 aromatic rings. The zero-order valence-electron chi connectivity index (χ0n) is 15.7. The number of sulfone groups is 1. The van der Waals surface area contributed by atoms with Gasteiger partial charge in [0, 0.05) is 18.7 Å². The number of carbonyl (C=O) groups is 1. The zero-order valence-corrected chi connectivity index (χ0v) is 16.5. The molecular formula is C20H22FNO5S. The standard InChI is InChI=1S/C20H22FNO5S/c1-26-18-8-3-14(13-19(18)27-2)20(23)22-11-9-17(10-12-22)28(24,25)16-6-4-15(21)5-7-16/h3-8,13,17H,9-12H2,1-2H3. The largest absolute Gasteiger partial charge is 0.493 e. The Hall–Kier alpha value is -2.61. The molecule has 28 heavy (non-hydrogen) atoms. The van der Waals surface area contributed by atoms with Gasteiger partial charge >= 0.3 is 0 Å². The maximum absolute atomic E-state index is 13.1. The average molecular weight is 407 g/mol. The molecule has 0 saturated carbocycles. The van der Waals surface area contributed by atoms with E-state index in [0.29, 0.717) is 43.0 Å². The number of halogens is 1. The van der Waals surface area contributed by atoms with Crippen LogP contribution in [0.3, 0.4) is 0 Å². The Balaban J connectivity index is 1.69. The summed E-state index contributed by atoms with van der Waals surface area (Å²) in [5, 5.41) is -0.590. The van der Waals surface area contributed by atoms with Gasteiger partial charge in [-0.3, -0.25) is 4.79 Å². The number of nitrogens with zero attached hydrogens (tertiary/aromatic N) is 1. The highest BCUT2D eigenvalue weighted by Crippen LogP contribution is 2.29. The third kappa shape index (κ3) is 3.96. The van der Waals surface area contributed by atoms with Crippen LogP contribution in [-0.4, -0.2) is 51.8 Å². The first kappa shape index (κ1) is 20.1. The van der Waals surface area contributed by atoms with Crippen molar-refractivity contribution in [2.75, 3.05) is 27.3 Å². The molecule has 150 valence electrons. The lowest BCUT2D eigenvalue weighted by atomic mass is 10.1. The van der Waals surface area contributed by atoms with Crippen molar-refractivity contribution in [2.45, 2.75) is 23.0 Å². The summed E-state index contributed by atoms with van der Waals surface area (Å²) in [6.45, 7) is 0.663. The van der Waals surface area contributed by atoms with Crippen LogP contribution in [0.4, 0.5) is 4.39 Å². The number of rotatable bonds is 5. The lowest BCUT2D eigenvalue weighted by Crippen LogP contribution is -2.42. The summed E-state index contributed by atoms with van der Waals surface area (Å²) >= 11 is 0. The molecule has 2 aromatic carbocycles. The fraction of sp³-hybridized carbons (Fsp3) is 0.350. The predicted molar refractivity (Wildman–Crippen MR) is 102 cm³/mol. The van der Waals surface area contributed by atoms with Crippen molar-refractivity contribution < 1.29 is 27.1 Å². The van der Waals surface area contributed by atoms with Gasteiger partial charge in [0.05, 0.1) is 24.4 Å². The van der Waals surface area contributed by atoms with Gasteiger partial charge in [0.25, 0.3) is 5.91 Å². The molecule has 0 aromatic heterocycles. The van der Waals surface area contributed by atoms with Crippen LogP contribution in [-0.2, 0) is 9.84 Å². The Kier molecular flexibility index (Phi) is 5.88. The van der Waals surface area contributed by atoms with Crippen LogP contribution in [0.25, 0.3) is 0 Å². The van der Waals surface area contributed by atoms with Crippen LogP contribution in [0, 0.1) is 5.82 Å². The van der Waals surface area contributed by atoms with Crippen LogP contribution in [0.1, 0.15) is 23.2 Å². The number of benzene rings is 2. The van der Waals surface area contributed by atoms with Gasteiger partial charge in [-0.15, -0.1) is 0 Å². The van der Waals surface area contributed by atoms with Crippen molar-refractivity contribution in [3.63, 3.8) is 0 Å². The molecule has 1 fully saturated rings. The molecule has 1 heterocycles. The van der Waals surface area contributed by atoms with E-state index in [1.54, 1.807) is 23.1 Å². The third-order valence-electron chi connectivity index (χ3n) is 4.94. The Morgan fingerprint density at radius 1 is 1.00 bits per heavy atom. The molecule has 1 aliphatic heterocycles.